The molecular formula is C25H25Cl2NO2. The van der Waals surface area contributed by atoms with Gasteiger partial charge in [-0.05, 0) is 41.8 Å². The lowest BCUT2D eigenvalue weighted by Crippen LogP contribution is -2.34. The molecule has 0 unspecified atom stereocenters. The first-order chi connectivity index (χ1) is 14.2. The highest BCUT2D eigenvalue weighted by molar-refractivity contribution is 6.30. The van der Waals surface area contributed by atoms with Crippen LogP contribution in [-0.2, 0) is 10.3 Å². The number of hydrogen-bond donors (Lipinski definition) is 0. The van der Waals surface area contributed by atoms with E-state index in [1.54, 1.807) is 24.3 Å². The Morgan fingerprint density at radius 2 is 1.43 bits per heavy atom. The minimum Gasteiger partial charge on any atom is -0.364 e. The van der Waals surface area contributed by atoms with Gasteiger partial charge in [-0.3, -0.25) is 9.69 Å². The summed E-state index contributed by atoms with van der Waals surface area (Å²) in [4.78, 5) is 14.9. The van der Waals surface area contributed by atoms with E-state index in [0.29, 0.717) is 23.7 Å². The van der Waals surface area contributed by atoms with Crippen LogP contribution in [-0.4, -0.2) is 36.9 Å². The van der Waals surface area contributed by atoms with Crippen LogP contribution in [0, 0.1) is 0 Å². The molecule has 1 aliphatic rings. The SMILES string of the molecule is Cl.O=C(CN1CCOC(c2ccccc2)(c2ccccc2)CC1)c1ccc(Cl)cc1. The van der Waals surface area contributed by atoms with E-state index in [4.69, 9.17) is 16.3 Å². The molecule has 3 nitrogen and oxygen atoms in total. The number of ketones is 1. The Labute approximate surface area is 189 Å². The molecular weight excluding hydrogens is 417 g/mol. The van der Waals surface area contributed by atoms with Gasteiger partial charge in [0.1, 0.15) is 5.60 Å². The second kappa shape index (κ2) is 10.2. The molecule has 1 fully saturated rings. The van der Waals surface area contributed by atoms with Gasteiger partial charge in [0.2, 0.25) is 0 Å². The quantitative estimate of drug-likeness (QED) is 0.481. The predicted octanol–water partition coefficient (Wildman–Crippen LogP) is 5.61. The molecule has 0 radical (unpaired) electrons. The Kier molecular flexibility index (Phi) is 7.68. The third-order valence-corrected chi connectivity index (χ3v) is 5.80. The van der Waals surface area contributed by atoms with Gasteiger partial charge in [-0.1, -0.05) is 72.3 Å². The zero-order valence-corrected chi connectivity index (χ0v) is 18.2. The highest BCUT2D eigenvalue weighted by Crippen LogP contribution is 2.38. The van der Waals surface area contributed by atoms with E-state index in [2.05, 4.69) is 53.4 Å². The summed E-state index contributed by atoms with van der Waals surface area (Å²) in [6, 6.07) is 27.9. The number of Topliss-reactive ketones (excluding diaryl/α,β-unsaturated/α-hetero) is 1. The van der Waals surface area contributed by atoms with Gasteiger partial charge in [-0.25, -0.2) is 0 Å². The van der Waals surface area contributed by atoms with Gasteiger partial charge in [0, 0.05) is 23.7 Å². The van der Waals surface area contributed by atoms with E-state index in [0.717, 1.165) is 30.6 Å². The number of nitrogens with zero attached hydrogens (tertiary/aromatic N) is 1. The van der Waals surface area contributed by atoms with E-state index in [1.165, 1.54) is 0 Å². The van der Waals surface area contributed by atoms with Crippen LogP contribution in [0.4, 0.5) is 0 Å². The zero-order chi connectivity index (χ0) is 20.1. The van der Waals surface area contributed by atoms with Crippen molar-refractivity contribution in [1.29, 1.82) is 0 Å². The summed E-state index contributed by atoms with van der Waals surface area (Å²) in [5, 5.41) is 0.639. The molecule has 30 heavy (non-hydrogen) atoms. The molecule has 0 bridgehead atoms. The van der Waals surface area contributed by atoms with Gasteiger partial charge < -0.3 is 4.74 Å². The third kappa shape index (κ3) is 4.93. The molecule has 4 rings (SSSR count). The fraction of sp³-hybridized carbons (Fsp3) is 0.240. The van der Waals surface area contributed by atoms with Crippen molar-refractivity contribution in [2.75, 3.05) is 26.2 Å². The topological polar surface area (TPSA) is 29.5 Å². The lowest BCUT2D eigenvalue weighted by molar-refractivity contribution is -0.0100. The monoisotopic (exact) mass is 441 g/mol. The van der Waals surface area contributed by atoms with E-state index in [9.17, 15) is 4.79 Å². The van der Waals surface area contributed by atoms with Gasteiger partial charge in [0.05, 0.1) is 13.2 Å². The number of halogens is 2. The number of rotatable bonds is 5. The molecule has 1 heterocycles. The van der Waals surface area contributed by atoms with E-state index < -0.39 is 5.60 Å². The molecule has 0 spiro atoms. The smallest absolute Gasteiger partial charge is 0.176 e. The Morgan fingerprint density at radius 1 is 0.867 bits per heavy atom. The Hall–Kier alpha value is -2.17. The number of benzene rings is 3. The van der Waals surface area contributed by atoms with Crippen LogP contribution >= 0.6 is 24.0 Å². The minimum absolute atomic E-state index is 0. The number of carbonyl (C=O) groups excluding carboxylic acids is 1. The van der Waals surface area contributed by atoms with Crippen LogP contribution in [0.1, 0.15) is 27.9 Å². The Balaban J connectivity index is 0.00000256. The van der Waals surface area contributed by atoms with E-state index in [-0.39, 0.29) is 18.2 Å². The number of ether oxygens (including phenoxy) is 1. The van der Waals surface area contributed by atoms with E-state index >= 15 is 0 Å². The second-order valence-electron chi connectivity index (χ2n) is 7.36. The Bertz CT molecular complexity index is 906. The molecule has 0 N–H and O–H groups in total. The summed E-state index contributed by atoms with van der Waals surface area (Å²) in [7, 11) is 0. The second-order valence-corrected chi connectivity index (χ2v) is 7.80. The van der Waals surface area contributed by atoms with Crippen molar-refractivity contribution in [3.8, 4) is 0 Å². The van der Waals surface area contributed by atoms with Crippen LogP contribution < -0.4 is 0 Å². The van der Waals surface area contributed by atoms with Crippen molar-refractivity contribution < 1.29 is 9.53 Å². The molecule has 5 heteroatoms. The van der Waals surface area contributed by atoms with Crippen molar-refractivity contribution in [2.45, 2.75) is 12.0 Å². The molecule has 0 aromatic heterocycles. The molecule has 1 saturated heterocycles. The van der Waals surface area contributed by atoms with Gasteiger partial charge in [-0.2, -0.15) is 0 Å². The summed E-state index contributed by atoms with van der Waals surface area (Å²) < 4.78 is 6.53. The highest BCUT2D eigenvalue weighted by Gasteiger charge is 2.37. The summed E-state index contributed by atoms with van der Waals surface area (Å²) >= 11 is 5.94. The first kappa shape index (κ1) is 22.5. The number of hydrogen-bond acceptors (Lipinski definition) is 3. The molecule has 156 valence electrons. The van der Waals surface area contributed by atoms with Crippen molar-refractivity contribution in [1.82, 2.24) is 4.90 Å². The minimum atomic E-state index is -0.499. The van der Waals surface area contributed by atoms with Crippen LogP contribution in [0.2, 0.25) is 5.02 Å². The zero-order valence-electron chi connectivity index (χ0n) is 16.7. The van der Waals surface area contributed by atoms with Gasteiger partial charge in [0.15, 0.2) is 5.78 Å². The summed E-state index contributed by atoms with van der Waals surface area (Å²) in [6.07, 6.45) is 0.787. The molecule has 0 aliphatic carbocycles. The maximum absolute atomic E-state index is 12.7. The molecule has 0 atom stereocenters. The maximum Gasteiger partial charge on any atom is 0.176 e. The highest BCUT2D eigenvalue weighted by atomic mass is 35.5. The summed E-state index contributed by atoms with van der Waals surface area (Å²) in [5.41, 5.74) is 2.49. The average Bonchev–Trinajstić information content (AvgIpc) is 2.99. The summed E-state index contributed by atoms with van der Waals surface area (Å²) in [6.45, 7) is 2.45. The average molecular weight is 442 g/mol. The number of carbonyl (C=O) groups is 1. The van der Waals surface area contributed by atoms with Crippen molar-refractivity contribution in [3.63, 3.8) is 0 Å². The third-order valence-electron chi connectivity index (χ3n) is 5.55. The standard InChI is InChI=1S/C25H24ClNO2.ClH/c26-23-13-11-20(12-14-23)24(28)19-27-16-15-25(29-18-17-27,21-7-3-1-4-8-21)22-9-5-2-6-10-22;/h1-14H,15-19H2;1H. The fourth-order valence-corrected chi connectivity index (χ4v) is 4.10. The van der Waals surface area contributed by atoms with Crippen LogP contribution in [0.3, 0.4) is 0 Å². The lowest BCUT2D eigenvalue weighted by Gasteiger charge is -2.34. The van der Waals surface area contributed by atoms with Gasteiger partial charge in [0.25, 0.3) is 0 Å². The maximum atomic E-state index is 12.7. The molecule has 1 aliphatic heterocycles. The fourth-order valence-electron chi connectivity index (χ4n) is 3.97. The molecule has 0 amide bonds. The normalized spacial score (nSPS) is 16.3. The van der Waals surface area contributed by atoms with Crippen LogP contribution in [0.5, 0.6) is 0 Å². The molecule has 3 aromatic carbocycles. The van der Waals surface area contributed by atoms with Crippen molar-refractivity contribution >= 4 is 29.8 Å². The van der Waals surface area contributed by atoms with Crippen LogP contribution in [0.25, 0.3) is 0 Å². The predicted molar refractivity (Wildman–Crippen MR) is 124 cm³/mol. The van der Waals surface area contributed by atoms with Crippen LogP contribution in [0.15, 0.2) is 84.9 Å². The van der Waals surface area contributed by atoms with Gasteiger partial charge >= 0.3 is 0 Å². The van der Waals surface area contributed by atoms with Gasteiger partial charge in [-0.15, -0.1) is 12.4 Å². The van der Waals surface area contributed by atoms with E-state index in [1.807, 2.05) is 12.1 Å². The molecule has 0 saturated carbocycles. The first-order valence-corrected chi connectivity index (χ1v) is 10.3. The molecule has 3 aromatic rings. The largest absolute Gasteiger partial charge is 0.364 e. The van der Waals surface area contributed by atoms with Crippen molar-refractivity contribution in [2.24, 2.45) is 0 Å². The lowest BCUT2D eigenvalue weighted by atomic mass is 9.83. The Morgan fingerprint density at radius 3 is 2.00 bits per heavy atom. The summed E-state index contributed by atoms with van der Waals surface area (Å²) in [5.74, 6) is 0.105. The first-order valence-electron chi connectivity index (χ1n) is 9.93. The van der Waals surface area contributed by atoms with Crippen molar-refractivity contribution in [3.05, 3.63) is 107 Å².